The second-order valence-corrected chi connectivity index (χ2v) is 9.68. The summed E-state index contributed by atoms with van der Waals surface area (Å²) < 4.78 is 0. The molecule has 168 valence electrons. The van der Waals surface area contributed by atoms with Gasteiger partial charge in [-0.05, 0) is 58.9 Å². The molecule has 1 saturated heterocycles. The van der Waals surface area contributed by atoms with Crippen molar-refractivity contribution in [1.29, 1.82) is 0 Å². The average Bonchev–Trinajstić information content (AvgIpc) is 3.57. The summed E-state index contributed by atoms with van der Waals surface area (Å²) in [5.74, 6) is -0.0134. The fourth-order valence-corrected chi connectivity index (χ4v) is 5.55. The van der Waals surface area contributed by atoms with E-state index in [2.05, 4.69) is 52.8 Å². The topological polar surface area (TPSA) is 62.3 Å². The van der Waals surface area contributed by atoms with Crippen molar-refractivity contribution in [3.05, 3.63) is 94.4 Å². The number of rotatable bonds is 5. The number of hydrogen-bond acceptors (Lipinski definition) is 4. The SMILES string of the molecule is O=C(Nc1nc(-c2ccc3c(c2)Cc2ccccc2-3)cs1)c1cccc(CN2CCCC2=O)c1. The van der Waals surface area contributed by atoms with Crippen LogP contribution in [0.5, 0.6) is 0 Å². The summed E-state index contributed by atoms with van der Waals surface area (Å²) in [5, 5.41) is 5.49. The third-order valence-electron chi connectivity index (χ3n) is 6.55. The van der Waals surface area contributed by atoms with Gasteiger partial charge in [0.2, 0.25) is 5.91 Å². The summed E-state index contributed by atoms with van der Waals surface area (Å²) in [4.78, 5) is 31.3. The Bertz CT molecular complexity index is 1420. The lowest BCUT2D eigenvalue weighted by Crippen LogP contribution is -2.24. The van der Waals surface area contributed by atoms with E-state index >= 15 is 0 Å². The van der Waals surface area contributed by atoms with Crippen LogP contribution in [-0.2, 0) is 17.8 Å². The van der Waals surface area contributed by atoms with Crippen LogP contribution in [0, 0.1) is 0 Å². The average molecular weight is 466 g/mol. The lowest BCUT2D eigenvalue weighted by atomic mass is 10.0. The maximum absolute atomic E-state index is 12.9. The van der Waals surface area contributed by atoms with Crippen molar-refractivity contribution in [2.45, 2.75) is 25.8 Å². The Labute approximate surface area is 202 Å². The molecule has 0 atom stereocenters. The van der Waals surface area contributed by atoms with Crippen molar-refractivity contribution >= 4 is 28.3 Å². The molecule has 4 aromatic rings. The molecule has 1 aliphatic carbocycles. The van der Waals surface area contributed by atoms with Crippen LogP contribution in [0.15, 0.2) is 72.1 Å². The van der Waals surface area contributed by atoms with E-state index in [-0.39, 0.29) is 11.8 Å². The third-order valence-corrected chi connectivity index (χ3v) is 7.31. The molecular weight excluding hydrogens is 442 g/mol. The van der Waals surface area contributed by atoms with Gasteiger partial charge in [0.1, 0.15) is 0 Å². The van der Waals surface area contributed by atoms with Gasteiger partial charge in [-0.3, -0.25) is 14.9 Å². The number of hydrogen-bond donors (Lipinski definition) is 1. The number of aromatic nitrogens is 1. The van der Waals surface area contributed by atoms with Crippen LogP contribution in [0.1, 0.15) is 39.9 Å². The van der Waals surface area contributed by atoms with Crippen molar-refractivity contribution in [1.82, 2.24) is 9.88 Å². The molecular formula is C28H23N3O2S. The Balaban J connectivity index is 1.16. The van der Waals surface area contributed by atoms with Gasteiger partial charge in [-0.2, -0.15) is 0 Å². The number of nitrogens with one attached hydrogen (secondary N) is 1. The minimum absolute atomic E-state index is 0.181. The smallest absolute Gasteiger partial charge is 0.257 e. The predicted octanol–water partition coefficient (Wildman–Crippen LogP) is 5.76. The van der Waals surface area contributed by atoms with Gasteiger partial charge in [-0.25, -0.2) is 4.98 Å². The summed E-state index contributed by atoms with van der Waals surface area (Å²) in [6.45, 7) is 1.33. The molecule has 1 aliphatic heterocycles. The van der Waals surface area contributed by atoms with E-state index in [9.17, 15) is 9.59 Å². The molecule has 0 saturated carbocycles. The minimum Gasteiger partial charge on any atom is -0.338 e. The number of benzene rings is 3. The monoisotopic (exact) mass is 465 g/mol. The normalized spacial score (nSPS) is 14.2. The zero-order valence-electron chi connectivity index (χ0n) is 18.6. The highest BCUT2D eigenvalue weighted by Crippen LogP contribution is 2.38. The van der Waals surface area contributed by atoms with Gasteiger partial charge in [0.25, 0.3) is 5.91 Å². The first kappa shape index (κ1) is 20.8. The number of carbonyl (C=O) groups is 2. The fraction of sp³-hybridized carbons (Fsp3) is 0.179. The molecule has 0 unspecified atom stereocenters. The van der Waals surface area contributed by atoms with Crippen LogP contribution in [0.3, 0.4) is 0 Å². The van der Waals surface area contributed by atoms with Gasteiger partial charge in [0.05, 0.1) is 5.69 Å². The van der Waals surface area contributed by atoms with E-state index in [0.29, 0.717) is 23.7 Å². The van der Waals surface area contributed by atoms with Crippen LogP contribution in [0.25, 0.3) is 22.4 Å². The number of carbonyl (C=O) groups excluding carboxylic acids is 2. The zero-order valence-corrected chi connectivity index (χ0v) is 19.4. The molecule has 1 aromatic heterocycles. The first-order chi connectivity index (χ1) is 16.6. The van der Waals surface area contributed by atoms with Gasteiger partial charge in [-0.1, -0.05) is 48.5 Å². The molecule has 0 bridgehead atoms. The summed E-state index contributed by atoms with van der Waals surface area (Å²) >= 11 is 1.42. The van der Waals surface area contributed by atoms with Crippen LogP contribution < -0.4 is 5.32 Å². The molecule has 6 heteroatoms. The predicted molar refractivity (Wildman–Crippen MR) is 135 cm³/mol. The lowest BCUT2D eigenvalue weighted by Gasteiger charge is -2.15. The van der Waals surface area contributed by atoms with Gasteiger partial charge < -0.3 is 4.90 Å². The molecule has 1 fully saturated rings. The first-order valence-corrected chi connectivity index (χ1v) is 12.4. The van der Waals surface area contributed by atoms with E-state index in [4.69, 9.17) is 0 Å². The van der Waals surface area contributed by atoms with Gasteiger partial charge in [0.15, 0.2) is 5.13 Å². The van der Waals surface area contributed by atoms with E-state index in [1.54, 1.807) is 6.07 Å². The molecule has 6 rings (SSSR count). The largest absolute Gasteiger partial charge is 0.338 e. The first-order valence-electron chi connectivity index (χ1n) is 11.5. The van der Waals surface area contributed by atoms with E-state index < -0.39 is 0 Å². The van der Waals surface area contributed by atoms with Crippen molar-refractivity contribution in [3.8, 4) is 22.4 Å². The van der Waals surface area contributed by atoms with Crippen molar-refractivity contribution in [2.24, 2.45) is 0 Å². The second-order valence-electron chi connectivity index (χ2n) is 8.82. The molecule has 0 spiro atoms. The highest BCUT2D eigenvalue weighted by molar-refractivity contribution is 7.14. The number of nitrogens with zero attached hydrogens (tertiary/aromatic N) is 2. The molecule has 0 radical (unpaired) electrons. The number of fused-ring (bicyclic) bond motifs is 3. The highest BCUT2D eigenvalue weighted by Gasteiger charge is 2.21. The Kier molecular flexibility index (Phi) is 5.23. The molecule has 2 heterocycles. The molecule has 2 amide bonds. The molecule has 2 aliphatic rings. The zero-order chi connectivity index (χ0) is 23.1. The lowest BCUT2D eigenvalue weighted by molar-refractivity contribution is -0.128. The second kappa shape index (κ2) is 8.54. The molecule has 1 N–H and O–H groups in total. The van der Waals surface area contributed by atoms with E-state index in [1.807, 2.05) is 28.5 Å². The summed E-state index contributed by atoms with van der Waals surface area (Å²) in [5.41, 5.74) is 8.71. The fourth-order valence-electron chi connectivity index (χ4n) is 4.84. The Hall–Kier alpha value is -3.77. The minimum atomic E-state index is -0.195. The standard InChI is InChI=1S/C28H23N3O2S/c32-26-9-4-12-31(26)16-18-5-3-7-21(13-18)27(33)30-28-29-25(17-34-28)20-10-11-24-22(15-20)14-19-6-1-2-8-23(19)24/h1-3,5-8,10-11,13,15,17H,4,9,12,14,16H2,(H,29,30,33). The Morgan fingerprint density at radius 3 is 2.76 bits per heavy atom. The molecule has 34 heavy (non-hydrogen) atoms. The maximum Gasteiger partial charge on any atom is 0.257 e. The van der Waals surface area contributed by atoms with Crippen LogP contribution >= 0.6 is 11.3 Å². The summed E-state index contributed by atoms with van der Waals surface area (Å²) in [7, 11) is 0. The summed E-state index contributed by atoms with van der Waals surface area (Å²) in [6.07, 6.45) is 2.46. The number of likely N-dealkylation sites (tertiary alicyclic amines) is 1. The van der Waals surface area contributed by atoms with Gasteiger partial charge >= 0.3 is 0 Å². The van der Waals surface area contributed by atoms with E-state index in [0.717, 1.165) is 36.2 Å². The van der Waals surface area contributed by atoms with Crippen LogP contribution in [-0.4, -0.2) is 28.2 Å². The maximum atomic E-state index is 12.9. The Morgan fingerprint density at radius 1 is 1.00 bits per heavy atom. The quantitative estimate of drug-likeness (QED) is 0.359. The summed E-state index contributed by atoms with van der Waals surface area (Å²) in [6, 6.07) is 22.5. The molecule has 5 nitrogen and oxygen atoms in total. The van der Waals surface area contributed by atoms with Crippen molar-refractivity contribution in [2.75, 3.05) is 11.9 Å². The number of thiazole rings is 1. The third kappa shape index (κ3) is 3.90. The van der Waals surface area contributed by atoms with Crippen molar-refractivity contribution < 1.29 is 9.59 Å². The Morgan fingerprint density at radius 2 is 1.88 bits per heavy atom. The van der Waals surface area contributed by atoms with Gasteiger partial charge in [-0.15, -0.1) is 11.3 Å². The molecule has 3 aromatic carbocycles. The number of anilines is 1. The van der Waals surface area contributed by atoms with Crippen LogP contribution in [0.2, 0.25) is 0 Å². The highest BCUT2D eigenvalue weighted by atomic mass is 32.1. The van der Waals surface area contributed by atoms with Crippen molar-refractivity contribution in [3.63, 3.8) is 0 Å². The number of amides is 2. The van der Waals surface area contributed by atoms with Gasteiger partial charge in [0, 0.05) is 36.0 Å². The van der Waals surface area contributed by atoms with Crippen LogP contribution in [0.4, 0.5) is 5.13 Å². The van der Waals surface area contributed by atoms with E-state index in [1.165, 1.54) is 33.6 Å².